The van der Waals surface area contributed by atoms with Crippen molar-refractivity contribution < 1.29 is 17.0 Å². The Morgan fingerprint density at radius 3 is 2.62 bits per heavy atom. The van der Waals surface area contributed by atoms with E-state index in [0.29, 0.717) is 0 Å². The summed E-state index contributed by atoms with van der Waals surface area (Å²) in [6, 6.07) is 5.77. The molecule has 0 bridgehead atoms. The van der Waals surface area contributed by atoms with Gasteiger partial charge >= 0.3 is 10.2 Å². The van der Waals surface area contributed by atoms with Crippen LogP contribution in [-0.4, -0.2) is 20.8 Å². The highest BCUT2D eigenvalue weighted by Gasteiger charge is 2.06. The molecule has 16 heavy (non-hydrogen) atoms. The zero-order chi connectivity index (χ0) is 12.2. The predicted molar refractivity (Wildman–Crippen MR) is 60.9 cm³/mol. The molecule has 0 N–H and O–H groups in total. The van der Waals surface area contributed by atoms with Crippen LogP contribution < -0.4 is 4.74 Å². The molecule has 0 spiro atoms. The Kier molecular flexibility index (Phi) is 4.29. The van der Waals surface area contributed by atoms with E-state index in [-0.39, 0.29) is 13.0 Å². The van der Waals surface area contributed by atoms with Crippen LogP contribution in [0.1, 0.15) is 17.5 Å². The van der Waals surface area contributed by atoms with Gasteiger partial charge in [-0.3, -0.25) is 0 Å². The molecular formula is C11H15FO3S. The van der Waals surface area contributed by atoms with Crippen LogP contribution in [0.15, 0.2) is 18.2 Å². The maximum Gasteiger partial charge on any atom is 0.302 e. The number of benzene rings is 1. The summed E-state index contributed by atoms with van der Waals surface area (Å²) in [4.78, 5) is 0. The van der Waals surface area contributed by atoms with Crippen LogP contribution in [0, 0.1) is 13.8 Å². The SMILES string of the molecule is Cc1ccc(C)c(OCCCS(=O)(=O)F)c1. The van der Waals surface area contributed by atoms with Crippen LogP contribution in [0.4, 0.5) is 3.89 Å². The topological polar surface area (TPSA) is 43.4 Å². The number of ether oxygens (including phenoxy) is 1. The van der Waals surface area contributed by atoms with E-state index in [2.05, 4.69) is 0 Å². The predicted octanol–water partition coefficient (Wildman–Crippen LogP) is 2.37. The minimum absolute atomic E-state index is 0.159. The van der Waals surface area contributed by atoms with Gasteiger partial charge in [-0.25, -0.2) is 0 Å². The van der Waals surface area contributed by atoms with Gasteiger partial charge in [0.05, 0.1) is 12.4 Å². The van der Waals surface area contributed by atoms with Crippen LogP contribution in [-0.2, 0) is 10.2 Å². The molecule has 5 heteroatoms. The summed E-state index contributed by atoms with van der Waals surface area (Å²) in [6.07, 6.45) is 0.159. The van der Waals surface area contributed by atoms with E-state index in [0.717, 1.165) is 16.9 Å². The van der Waals surface area contributed by atoms with Crippen molar-refractivity contribution in [2.75, 3.05) is 12.4 Å². The fourth-order valence-electron chi connectivity index (χ4n) is 1.28. The smallest absolute Gasteiger partial charge is 0.302 e. The molecule has 1 aromatic carbocycles. The third-order valence-electron chi connectivity index (χ3n) is 2.13. The Labute approximate surface area is 95.5 Å². The van der Waals surface area contributed by atoms with Crippen molar-refractivity contribution in [3.8, 4) is 5.75 Å². The molecule has 0 aliphatic carbocycles. The summed E-state index contributed by atoms with van der Waals surface area (Å²) in [6.45, 7) is 4.05. The average molecular weight is 246 g/mol. The van der Waals surface area contributed by atoms with Gasteiger partial charge in [0, 0.05) is 0 Å². The van der Waals surface area contributed by atoms with E-state index < -0.39 is 16.0 Å². The molecule has 0 atom stereocenters. The Morgan fingerprint density at radius 1 is 1.31 bits per heavy atom. The van der Waals surface area contributed by atoms with E-state index in [4.69, 9.17) is 4.74 Å². The van der Waals surface area contributed by atoms with E-state index in [1.54, 1.807) is 0 Å². The van der Waals surface area contributed by atoms with Gasteiger partial charge in [0.1, 0.15) is 5.75 Å². The summed E-state index contributed by atoms with van der Waals surface area (Å²) in [7, 11) is -4.38. The highest BCUT2D eigenvalue weighted by molar-refractivity contribution is 7.86. The quantitative estimate of drug-likeness (QED) is 0.591. The van der Waals surface area contributed by atoms with Crippen LogP contribution in [0.25, 0.3) is 0 Å². The molecule has 0 unspecified atom stereocenters. The molecule has 90 valence electrons. The minimum atomic E-state index is -4.38. The van der Waals surface area contributed by atoms with Crippen molar-refractivity contribution in [2.24, 2.45) is 0 Å². The second-order valence-corrected chi connectivity index (χ2v) is 5.20. The maximum absolute atomic E-state index is 12.2. The second kappa shape index (κ2) is 5.30. The fourth-order valence-corrected chi connectivity index (χ4v) is 1.74. The van der Waals surface area contributed by atoms with E-state index in [9.17, 15) is 12.3 Å². The van der Waals surface area contributed by atoms with Crippen molar-refractivity contribution in [3.05, 3.63) is 29.3 Å². The lowest BCUT2D eigenvalue weighted by Crippen LogP contribution is -2.06. The van der Waals surface area contributed by atoms with Crippen molar-refractivity contribution in [1.29, 1.82) is 0 Å². The number of aryl methyl sites for hydroxylation is 2. The highest BCUT2D eigenvalue weighted by atomic mass is 32.3. The van der Waals surface area contributed by atoms with E-state index >= 15 is 0 Å². The van der Waals surface area contributed by atoms with Gasteiger partial charge in [-0.2, -0.15) is 8.42 Å². The van der Waals surface area contributed by atoms with Gasteiger partial charge in [0.15, 0.2) is 0 Å². The molecule has 1 rings (SSSR count). The lowest BCUT2D eigenvalue weighted by molar-refractivity contribution is 0.315. The largest absolute Gasteiger partial charge is 0.493 e. The zero-order valence-electron chi connectivity index (χ0n) is 9.36. The Hall–Kier alpha value is -1.10. The third-order valence-corrected chi connectivity index (χ3v) is 2.91. The number of halogens is 1. The van der Waals surface area contributed by atoms with E-state index in [1.807, 2.05) is 32.0 Å². The standard InChI is InChI=1S/C11H15FO3S/c1-9-4-5-10(2)11(8-9)15-6-3-7-16(12,13)14/h4-5,8H,3,6-7H2,1-2H3. The summed E-state index contributed by atoms with van der Waals surface area (Å²) in [5, 5.41) is 0. The summed E-state index contributed by atoms with van der Waals surface area (Å²) < 4.78 is 38.0. The van der Waals surface area contributed by atoms with Crippen molar-refractivity contribution >= 4 is 10.2 Å². The van der Waals surface area contributed by atoms with Gasteiger partial charge < -0.3 is 4.74 Å². The fraction of sp³-hybridized carbons (Fsp3) is 0.455. The molecule has 3 nitrogen and oxygen atoms in total. The first kappa shape index (κ1) is 13.0. The van der Waals surface area contributed by atoms with Gasteiger partial charge in [0.2, 0.25) is 0 Å². The molecule has 0 aromatic heterocycles. The summed E-state index contributed by atoms with van der Waals surface area (Å²) in [5.74, 6) is 0.231. The molecule has 0 aliphatic rings. The maximum atomic E-state index is 12.2. The van der Waals surface area contributed by atoms with Gasteiger partial charge in [0.25, 0.3) is 0 Å². The number of hydrogen-bond donors (Lipinski definition) is 0. The Balaban J connectivity index is 2.46. The van der Waals surface area contributed by atoms with Crippen molar-refractivity contribution in [3.63, 3.8) is 0 Å². The molecular weight excluding hydrogens is 231 g/mol. The summed E-state index contributed by atoms with van der Waals surface area (Å²) >= 11 is 0. The number of hydrogen-bond acceptors (Lipinski definition) is 3. The minimum Gasteiger partial charge on any atom is -0.493 e. The van der Waals surface area contributed by atoms with Crippen LogP contribution in [0.5, 0.6) is 5.75 Å². The van der Waals surface area contributed by atoms with Gasteiger partial charge in [-0.15, -0.1) is 3.89 Å². The Morgan fingerprint density at radius 2 is 2.00 bits per heavy atom. The van der Waals surface area contributed by atoms with Crippen molar-refractivity contribution in [1.82, 2.24) is 0 Å². The monoisotopic (exact) mass is 246 g/mol. The first-order valence-corrected chi connectivity index (χ1v) is 6.56. The lowest BCUT2D eigenvalue weighted by Gasteiger charge is -2.09. The Bertz CT molecular complexity index is 454. The third kappa shape index (κ3) is 4.61. The molecule has 0 radical (unpaired) electrons. The van der Waals surface area contributed by atoms with Crippen molar-refractivity contribution in [2.45, 2.75) is 20.3 Å². The highest BCUT2D eigenvalue weighted by Crippen LogP contribution is 2.19. The van der Waals surface area contributed by atoms with E-state index in [1.165, 1.54) is 0 Å². The lowest BCUT2D eigenvalue weighted by atomic mass is 10.1. The van der Waals surface area contributed by atoms with Gasteiger partial charge in [-0.1, -0.05) is 12.1 Å². The van der Waals surface area contributed by atoms with Gasteiger partial charge in [-0.05, 0) is 37.5 Å². The normalized spacial score (nSPS) is 11.4. The molecule has 0 saturated carbocycles. The van der Waals surface area contributed by atoms with Crippen LogP contribution in [0.2, 0.25) is 0 Å². The molecule has 0 saturated heterocycles. The second-order valence-electron chi connectivity index (χ2n) is 3.71. The molecule has 1 aromatic rings. The number of rotatable bonds is 5. The first-order valence-electron chi connectivity index (χ1n) is 5.01. The molecule has 0 heterocycles. The summed E-state index contributed by atoms with van der Waals surface area (Å²) in [5.41, 5.74) is 2.05. The molecule has 0 fully saturated rings. The molecule has 0 amide bonds. The zero-order valence-corrected chi connectivity index (χ0v) is 10.2. The first-order chi connectivity index (χ1) is 7.38. The average Bonchev–Trinajstić information content (AvgIpc) is 2.16. The molecule has 0 aliphatic heterocycles. The van der Waals surface area contributed by atoms with Crippen LogP contribution >= 0.6 is 0 Å². The van der Waals surface area contributed by atoms with Crippen LogP contribution in [0.3, 0.4) is 0 Å².